The summed E-state index contributed by atoms with van der Waals surface area (Å²) in [5.41, 5.74) is 1.43. The molecule has 1 saturated heterocycles. The van der Waals surface area contributed by atoms with E-state index in [2.05, 4.69) is 10.6 Å². The summed E-state index contributed by atoms with van der Waals surface area (Å²) in [6.45, 7) is 0. The molecule has 1 heterocycles. The Morgan fingerprint density at radius 2 is 1.53 bits per heavy atom. The Kier molecular flexibility index (Phi) is 10.2. The van der Waals surface area contributed by atoms with E-state index < -0.39 is 22.9 Å². The van der Waals surface area contributed by atoms with Gasteiger partial charge < -0.3 is 15.4 Å². The summed E-state index contributed by atoms with van der Waals surface area (Å²) in [6, 6.07) is 34.3. The number of nitrogens with zero attached hydrogens (tertiary/aromatic N) is 1. The van der Waals surface area contributed by atoms with Gasteiger partial charge in [0.05, 0.1) is 10.9 Å². The number of halogens is 2. The molecule has 0 radical (unpaired) electrons. The third kappa shape index (κ3) is 8.42. The van der Waals surface area contributed by atoms with Gasteiger partial charge in [-0.25, -0.2) is 9.29 Å². The van der Waals surface area contributed by atoms with Gasteiger partial charge in [-0.3, -0.25) is 19.2 Å². The molecule has 244 valence electrons. The van der Waals surface area contributed by atoms with E-state index in [0.29, 0.717) is 43.9 Å². The molecule has 0 spiro atoms. The van der Waals surface area contributed by atoms with Crippen molar-refractivity contribution in [1.82, 2.24) is 5.32 Å². The Balaban J connectivity index is 1.13. The van der Waals surface area contributed by atoms with Crippen LogP contribution in [0.1, 0.15) is 22.3 Å². The first-order valence-electron chi connectivity index (χ1n) is 15.0. The van der Waals surface area contributed by atoms with Gasteiger partial charge in [-0.05, 0) is 103 Å². The number of anilines is 2. The first-order chi connectivity index (χ1) is 23.7. The van der Waals surface area contributed by atoms with Gasteiger partial charge in [0.15, 0.2) is 0 Å². The van der Waals surface area contributed by atoms with Gasteiger partial charge in [0.2, 0.25) is 11.8 Å². The fourth-order valence-electron chi connectivity index (χ4n) is 4.98. The molecule has 0 aromatic heterocycles. The number of carbonyl (C=O) groups excluding carboxylic acids is 4. The molecule has 1 fully saturated rings. The molecule has 5 aromatic rings. The van der Waals surface area contributed by atoms with Gasteiger partial charge in [0, 0.05) is 27.6 Å². The highest BCUT2D eigenvalue weighted by Gasteiger charge is 2.40. The van der Waals surface area contributed by atoms with Crippen LogP contribution in [0.5, 0.6) is 11.5 Å². The second-order valence-electron chi connectivity index (χ2n) is 10.8. The number of amides is 4. The number of nitrogens with one attached hydrogen (secondary N) is 2. The van der Waals surface area contributed by atoms with Crippen molar-refractivity contribution in [3.8, 4) is 11.5 Å². The van der Waals surface area contributed by atoms with Crippen molar-refractivity contribution in [1.29, 1.82) is 0 Å². The van der Waals surface area contributed by atoms with Gasteiger partial charge in [0.1, 0.15) is 23.0 Å². The van der Waals surface area contributed by atoms with Crippen LogP contribution in [0.2, 0.25) is 5.02 Å². The predicted molar refractivity (Wildman–Crippen MR) is 188 cm³/mol. The smallest absolute Gasteiger partial charge is 0.272 e. The molecule has 0 bridgehead atoms. The molecule has 1 atom stereocenters. The van der Waals surface area contributed by atoms with E-state index in [1.807, 2.05) is 0 Å². The predicted octanol–water partition coefficient (Wildman–Crippen LogP) is 8.11. The zero-order valence-corrected chi connectivity index (χ0v) is 27.2. The second kappa shape index (κ2) is 15.0. The van der Waals surface area contributed by atoms with Crippen LogP contribution in [-0.2, 0) is 14.4 Å². The van der Waals surface area contributed by atoms with Crippen LogP contribution in [0.3, 0.4) is 0 Å². The molecule has 0 saturated carbocycles. The van der Waals surface area contributed by atoms with Crippen LogP contribution in [0.15, 0.2) is 138 Å². The third-order valence-electron chi connectivity index (χ3n) is 7.31. The standard InChI is InChI=1S/C38H27ClFN3O5S/c39-26-12-16-30(17-13-26)48-31-18-14-29(15-19-31)43-35(44)23-34(38(43)47)49-32-11-5-10-28(22-32)41-37(46)33(21-24-6-4-9-27(40)20-24)42-36(45)25-7-2-1-3-8-25/h1-22,34H,23H2,(H,41,46)(H,42,45)/b33-21-/t34-/m0/s1. The van der Waals surface area contributed by atoms with E-state index in [-0.39, 0.29) is 23.9 Å². The molecule has 4 amide bonds. The molecule has 1 aliphatic rings. The van der Waals surface area contributed by atoms with Crippen molar-refractivity contribution >= 4 is 64.4 Å². The summed E-state index contributed by atoms with van der Waals surface area (Å²) in [6.07, 6.45) is 1.38. The molecular weight excluding hydrogens is 665 g/mol. The molecule has 11 heteroatoms. The van der Waals surface area contributed by atoms with Crippen molar-refractivity contribution in [3.05, 3.63) is 155 Å². The van der Waals surface area contributed by atoms with E-state index in [4.69, 9.17) is 16.3 Å². The molecule has 0 aliphatic carbocycles. The van der Waals surface area contributed by atoms with Crippen LogP contribution in [0, 0.1) is 5.82 Å². The quantitative estimate of drug-likeness (QED) is 0.113. The summed E-state index contributed by atoms with van der Waals surface area (Å²) in [7, 11) is 0. The van der Waals surface area contributed by atoms with Gasteiger partial charge in [-0.1, -0.05) is 48.0 Å². The number of imide groups is 1. The SMILES string of the molecule is O=C(Nc1cccc(S[C@H]2CC(=O)N(c3ccc(Oc4ccc(Cl)cc4)cc3)C2=O)c1)/C(=C/c1cccc(F)c1)NC(=O)c1ccccc1. The van der Waals surface area contributed by atoms with E-state index >= 15 is 0 Å². The lowest BCUT2D eigenvalue weighted by molar-refractivity contribution is -0.121. The summed E-state index contributed by atoms with van der Waals surface area (Å²) < 4.78 is 19.7. The van der Waals surface area contributed by atoms with E-state index in [9.17, 15) is 23.6 Å². The van der Waals surface area contributed by atoms with Crippen molar-refractivity contribution in [2.24, 2.45) is 0 Å². The van der Waals surface area contributed by atoms with Crippen LogP contribution in [-0.4, -0.2) is 28.9 Å². The molecule has 49 heavy (non-hydrogen) atoms. The van der Waals surface area contributed by atoms with E-state index in [0.717, 1.165) is 4.90 Å². The molecule has 6 rings (SSSR count). The highest BCUT2D eigenvalue weighted by molar-refractivity contribution is 8.00. The zero-order valence-electron chi connectivity index (χ0n) is 25.6. The number of thioether (sulfide) groups is 1. The molecule has 1 aliphatic heterocycles. The number of hydrogen-bond donors (Lipinski definition) is 2. The lowest BCUT2D eigenvalue weighted by atomic mass is 10.1. The minimum Gasteiger partial charge on any atom is -0.457 e. The number of carbonyl (C=O) groups is 4. The minimum atomic E-state index is -0.683. The number of ether oxygens (including phenoxy) is 1. The fraction of sp³-hybridized carbons (Fsp3) is 0.0526. The first-order valence-corrected chi connectivity index (χ1v) is 16.3. The van der Waals surface area contributed by atoms with Crippen molar-refractivity contribution in [3.63, 3.8) is 0 Å². The summed E-state index contributed by atoms with van der Waals surface area (Å²) in [5, 5.41) is 5.30. The fourth-order valence-corrected chi connectivity index (χ4v) is 6.22. The summed E-state index contributed by atoms with van der Waals surface area (Å²) >= 11 is 7.14. The van der Waals surface area contributed by atoms with Gasteiger partial charge in [-0.2, -0.15) is 0 Å². The van der Waals surface area contributed by atoms with Gasteiger partial charge >= 0.3 is 0 Å². The number of rotatable bonds is 10. The van der Waals surface area contributed by atoms with Crippen molar-refractivity contribution in [2.45, 2.75) is 16.6 Å². The third-order valence-corrected chi connectivity index (χ3v) is 8.74. The normalized spacial score (nSPS) is 14.4. The van der Waals surface area contributed by atoms with Crippen LogP contribution in [0.25, 0.3) is 6.08 Å². The van der Waals surface area contributed by atoms with Crippen LogP contribution in [0.4, 0.5) is 15.8 Å². The molecule has 5 aromatic carbocycles. The zero-order chi connectivity index (χ0) is 34.3. The highest BCUT2D eigenvalue weighted by atomic mass is 35.5. The topological polar surface area (TPSA) is 105 Å². The monoisotopic (exact) mass is 691 g/mol. The van der Waals surface area contributed by atoms with Gasteiger partial charge in [-0.15, -0.1) is 11.8 Å². The Bertz CT molecular complexity index is 2060. The maximum atomic E-state index is 13.9. The largest absolute Gasteiger partial charge is 0.457 e. The lowest BCUT2D eigenvalue weighted by Gasteiger charge is -2.16. The number of hydrogen-bond acceptors (Lipinski definition) is 6. The molecular formula is C38H27ClFN3O5S. The van der Waals surface area contributed by atoms with Crippen molar-refractivity contribution in [2.75, 3.05) is 10.2 Å². The second-order valence-corrected chi connectivity index (χ2v) is 12.6. The highest BCUT2D eigenvalue weighted by Crippen LogP contribution is 2.36. The summed E-state index contributed by atoms with van der Waals surface area (Å²) in [5.74, 6) is -1.22. The van der Waals surface area contributed by atoms with E-state index in [1.54, 1.807) is 109 Å². The molecule has 0 unspecified atom stereocenters. The minimum absolute atomic E-state index is 0.00481. The number of benzene rings is 5. The maximum Gasteiger partial charge on any atom is 0.272 e. The average molecular weight is 692 g/mol. The Hall–Kier alpha value is -5.71. The molecule has 8 nitrogen and oxygen atoms in total. The first kappa shape index (κ1) is 33.2. The van der Waals surface area contributed by atoms with Crippen molar-refractivity contribution < 1.29 is 28.3 Å². The molecule has 2 N–H and O–H groups in total. The van der Waals surface area contributed by atoms with Crippen LogP contribution < -0.4 is 20.3 Å². The summed E-state index contributed by atoms with van der Waals surface area (Å²) in [4.78, 5) is 54.5. The lowest BCUT2D eigenvalue weighted by Crippen LogP contribution is -2.31. The average Bonchev–Trinajstić information content (AvgIpc) is 3.37. The Labute approximate surface area is 290 Å². The van der Waals surface area contributed by atoms with Crippen LogP contribution >= 0.6 is 23.4 Å². The Morgan fingerprint density at radius 3 is 2.24 bits per heavy atom. The van der Waals surface area contributed by atoms with Gasteiger partial charge in [0.25, 0.3) is 11.8 Å². The Morgan fingerprint density at radius 1 is 0.837 bits per heavy atom. The van der Waals surface area contributed by atoms with E-state index in [1.165, 1.54) is 36.0 Å². The maximum absolute atomic E-state index is 13.9.